The average molecular weight is 386 g/mol. The van der Waals surface area contributed by atoms with Gasteiger partial charge in [0.15, 0.2) is 5.65 Å². The van der Waals surface area contributed by atoms with Crippen molar-refractivity contribution in [2.45, 2.75) is 40.7 Å². The number of imidazole rings is 1. The van der Waals surface area contributed by atoms with E-state index in [0.29, 0.717) is 6.54 Å². The zero-order chi connectivity index (χ0) is 20.5. The SMILES string of the molecule is CCc1cccc(C)c1CNc1cc(-n2ccccc2=O)cn2c(C)c(C)nc12. The molecule has 0 radical (unpaired) electrons. The van der Waals surface area contributed by atoms with Crippen molar-refractivity contribution in [3.63, 3.8) is 0 Å². The van der Waals surface area contributed by atoms with Crippen molar-refractivity contribution in [2.24, 2.45) is 0 Å². The summed E-state index contributed by atoms with van der Waals surface area (Å²) in [5.41, 5.74) is 8.54. The summed E-state index contributed by atoms with van der Waals surface area (Å²) >= 11 is 0. The third-order valence-electron chi connectivity index (χ3n) is 5.63. The van der Waals surface area contributed by atoms with Crippen LogP contribution in [0, 0.1) is 20.8 Å². The molecule has 1 N–H and O–H groups in total. The Morgan fingerprint density at radius 2 is 1.90 bits per heavy atom. The van der Waals surface area contributed by atoms with E-state index in [9.17, 15) is 4.79 Å². The summed E-state index contributed by atoms with van der Waals surface area (Å²) in [5, 5.41) is 3.59. The molecule has 3 aromatic heterocycles. The third kappa shape index (κ3) is 3.44. The minimum Gasteiger partial charge on any atom is -0.378 e. The second-order valence-corrected chi connectivity index (χ2v) is 7.42. The lowest BCUT2D eigenvalue weighted by Crippen LogP contribution is -2.16. The molecule has 0 unspecified atom stereocenters. The predicted octanol–water partition coefficient (Wildman–Crippen LogP) is 4.58. The number of hydrogen-bond acceptors (Lipinski definition) is 3. The molecule has 0 spiro atoms. The molecule has 1 aromatic carbocycles. The van der Waals surface area contributed by atoms with Gasteiger partial charge in [0.2, 0.25) is 0 Å². The molecule has 0 aliphatic rings. The van der Waals surface area contributed by atoms with Crippen molar-refractivity contribution in [3.8, 4) is 5.69 Å². The molecule has 5 heteroatoms. The van der Waals surface area contributed by atoms with Crippen molar-refractivity contribution in [2.75, 3.05) is 5.32 Å². The highest BCUT2D eigenvalue weighted by atomic mass is 16.1. The molecule has 29 heavy (non-hydrogen) atoms. The lowest BCUT2D eigenvalue weighted by molar-refractivity contribution is 0.958. The van der Waals surface area contributed by atoms with Crippen LogP contribution in [-0.2, 0) is 13.0 Å². The maximum atomic E-state index is 12.4. The number of anilines is 1. The zero-order valence-electron chi connectivity index (χ0n) is 17.4. The van der Waals surface area contributed by atoms with Gasteiger partial charge in [-0.25, -0.2) is 4.98 Å². The largest absolute Gasteiger partial charge is 0.378 e. The van der Waals surface area contributed by atoms with E-state index in [1.807, 2.05) is 32.2 Å². The summed E-state index contributed by atoms with van der Waals surface area (Å²) in [6, 6.07) is 13.6. The van der Waals surface area contributed by atoms with Crippen LogP contribution in [0.2, 0.25) is 0 Å². The molecule has 0 aliphatic carbocycles. The summed E-state index contributed by atoms with van der Waals surface area (Å²) in [4.78, 5) is 17.1. The van der Waals surface area contributed by atoms with Crippen molar-refractivity contribution in [1.29, 1.82) is 0 Å². The first-order valence-electron chi connectivity index (χ1n) is 9.98. The summed E-state index contributed by atoms with van der Waals surface area (Å²) in [5.74, 6) is 0. The van der Waals surface area contributed by atoms with Gasteiger partial charge in [-0.1, -0.05) is 31.2 Å². The van der Waals surface area contributed by atoms with Crippen LogP contribution in [0.1, 0.15) is 35.0 Å². The van der Waals surface area contributed by atoms with E-state index in [2.05, 4.69) is 41.8 Å². The van der Waals surface area contributed by atoms with E-state index in [-0.39, 0.29) is 5.56 Å². The van der Waals surface area contributed by atoms with Crippen molar-refractivity contribution in [1.82, 2.24) is 14.0 Å². The number of pyridine rings is 2. The van der Waals surface area contributed by atoms with Gasteiger partial charge >= 0.3 is 0 Å². The average Bonchev–Trinajstić information content (AvgIpc) is 3.01. The van der Waals surface area contributed by atoms with E-state index < -0.39 is 0 Å². The lowest BCUT2D eigenvalue weighted by atomic mass is 10.00. The van der Waals surface area contributed by atoms with E-state index >= 15 is 0 Å². The van der Waals surface area contributed by atoms with Crippen LogP contribution in [0.5, 0.6) is 0 Å². The number of fused-ring (bicyclic) bond motifs is 1. The van der Waals surface area contributed by atoms with E-state index in [4.69, 9.17) is 4.98 Å². The Morgan fingerprint density at radius 1 is 1.07 bits per heavy atom. The Labute approximate surface area is 170 Å². The van der Waals surface area contributed by atoms with Crippen molar-refractivity contribution < 1.29 is 0 Å². The third-order valence-corrected chi connectivity index (χ3v) is 5.63. The Bertz CT molecular complexity index is 1250. The first-order valence-corrected chi connectivity index (χ1v) is 9.98. The topological polar surface area (TPSA) is 51.3 Å². The lowest BCUT2D eigenvalue weighted by Gasteiger charge is -2.15. The molecule has 148 valence electrons. The zero-order valence-corrected chi connectivity index (χ0v) is 17.4. The fourth-order valence-electron chi connectivity index (χ4n) is 3.79. The molecule has 5 nitrogen and oxygen atoms in total. The number of aryl methyl sites for hydroxylation is 4. The Hall–Kier alpha value is -3.34. The molecule has 0 saturated heterocycles. The molecule has 3 heterocycles. The van der Waals surface area contributed by atoms with Gasteiger partial charge < -0.3 is 9.72 Å². The number of hydrogen-bond donors (Lipinski definition) is 1. The summed E-state index contributed by atoms with van der Waals surface area (Å²) in [7, 11) is 0. The maximum absolute atomic E-state index is 12.4. The molecule has 0 saturated carbocycles. The highest BCUT2D eigenvalue weighted by Gasteiger charge is 2.13. The molecule has 0 bridgehead atoms. The highest BCUT2D eigenvalue weighted by Crippen LogP contribution is 2.25. The molecule has 0 fully saturated rings. The molecule has 4 aromatic rings. The predicted molar refractivity (Wildman–Crippen MR) is 118 cm³/mol. The molecule has 0 atom stereocenters. The van der Waals surface area contributed by atoms with Crippen LogP contribution in [0.25, 0.3) is 11.3 Å². The summed E-state index contributed by atoms with van der Waals surface area (Å²) in [6.45, 7) is 9.10. The second-order valence-electron chi connectivity index (χ2n) is 7.42. The fourth-order valence-corrected chi connectivity index (χ4v) is 3.79. The van der Waals surface area contributed by atoms with E-state index in [1.54, 1.807) is 22.9 Å². The standard InChI is InChI=1S/C24H26N4O/c1-5-19-10-8-9-16(2)21(19)14-25-22-13-20(27-12-7-6-11-23(27)29)15-28-18(4)17(3)26-24(22)28/h6-13,15,25H,5,14H2,1-4H3. The van der Waals surface area contributed by atoms with Gasteiger partial charge in [-0.3, -0.25) is 9.36 Å². The van der Waals surface area contributed by atoms with Crippen LogP contribution in [-0.4, -0.2) is 14.0 Å². The Kier molecular flexibility index (Phi) is 4.97. The van der Waals surface area contributed by atoms with Gasteiger partial charge in [-0.2, -0.15) is 0 Å². The van der Waals surface area contributed by atoms with Crippen LogP contribution >= 0.6 is 0 Å². The molecule has 0 aliphatic heterocycles. The number of rotatable bonds is 5. The van der Waals surface area contributed by atoms with Gasteiger partial charge in [0.1, 0.15) is 0 Å². The highest BCUT2D eigenvalue weighted by molar-refractivity contribution is 5.71. The van der Waals surface area contributed by atoms with Gasteiger partial charge in [0, 0.05) is 30.7 Å². The minimum absolute atomic E-state index is 0.0561. The summed E-state index contributed by atoms with van der Waals surface area (Å²) in [6.07, 6.45) is 4.76. The number of benzene rings is 1. The Balaban J connectivity index is 1.83. The second kappa shape index (κ2) is 7.59. The van der Waals surface area contributed by atoms with E-state index in [1.165, 1.54) is 16.7 Å². The van der Waals surface area contributed by atoms with Crippen LogP contribution in [0.4, 0.5) is 5.69 Å². The molecule has 0 amide bonds. The maximum Gasteiger partial charge on any atom is 0.255 e. The molecular formula is C24H26N4O. The van der Waals surface area contributed by atoms with Crippen molar-refractivity contribution >= 4 is 11.3 Å². The first-order chi connectivity index (χ1) is 14.0. The first kappa shape index (κ1) is 19.0. The quantitative estimate of drug-likeness (QED) is 0.546. The van der Waals surface area contributed by atoms with Gasteiger partial charge in [-0.15, -0.1) is 0 Å². The van der Waals surface area contributed by atoms with Gasteiger partial charge in [0.25, 0.3) is 5.56 Å². The Morgan fingerprint density at radius 3 is 2.66 bits per heavy atom. The fraction of sp³-hybridized carbons (Fsp3) is 0.250. The number of aromatic nitrogens is 3. The summed E-state index contributed by atoms with van der Waals surface area (Å²) < 4.78 is 3.72. The van der Waals surface area contributed by atoms with Crippen LogP contribution < -0.4 is 10.9 Å². The van der Waals surface area contributed by atoms with Crippen molar-refractivity contribution in [3.05, 3.63) is 93.3 Å². The van der Waals surface area contributed by atoms with Crippen LogP contribution in [0.15, 0.2) is 59.7 Å². The van der Waals surface area contributed by atoms with Gasteiger partial charge in [-0.05, 0) is 56.0 Å². The van der Waals surface area contributed by atoms with Gasteiger partial charge in [0.05, 0.1) is 17.1 Å². The normalized spacial score (nSPS) is 11.2. The minimum atomic E-state index is -0.0561. The molecule has 4 rings (SSSR count). The smallest absolute Gasteiger partial charge is 0.255 e. The molecular weight excluding hydrogens is 360 g/mol. The monoisotopic (exact) mass is 386 g/mol. The number of nitrogens with zero attached hydrogens (tertiary/aromatic N) is 3. The number of nitrogens with one attached hydrogen (secondary N) is 1. The van der Waals surface area contributed by atoms with Crippen LogP contribution in [0.3, 0.4) is 0 Å². The van der Waals surface area contributed by atoms with E-state index in [0.717, 1.165) is 34.8 Å².